The van der Waals surface area contributed by atoms with Crippen LogP contribution in [0.1, 0.15) is 59.3 Å². The molecule has 0 saturated carbocycles. The van der Waals surface area contributed by atoms with E-state index < -0.39 is 10.0 Å². The normalized spacial score (nSPS) is 25.2. The Morgan fingerprint density at radius 1 is 0.875 bits per heavy atom. The SMILES string of the molecule is CC(C)(C)OC(=O)N1CCC2(CCNCC2)C1.CS(=O)(=O)N1CCC2(CCNC2)CC1.Cl. The monoisotopic (exact) mass is 494 g/mol. The van der Waals surface area contributed by atoms with E-state index in [4.69, 9.17) is 4.74 Å². The van der Waals surface area contributed by atoms with E-state index in [9.17, 15) is 13.2 Å². The maximum Gasteiger partial charge on any atom is 0.410 e. The minimum Gasteiger partial charge on any atom is -0.444 e. The Balaban J connectivity index is 0.000000224. The van der Waals surface area contributed by atoms with Crippen molar-refractivity contribution in [1.29, 1.82) is 0 Å². The Morgan fingerprint density at radius 3 is 1.91 bits per heavy atom. The van der Waals surface area contributed by atoms with Crippen molar-refractivity contribution < 1.29 is 17.9 Å². The van der Waals surface area contributed by atoms with Gasteiger partial charge in [0, 0.05) is 32.7 Å². The molecule has 0 bridgehead atoms. The maximum absolute atomic E-state index is 12.0. The molecule has 4 aliphatic rings. The van der Waals surface area contributed by atoms with Gasteiger partial charge in [0.1, 0.15) is 5.60 Å². The molecule has 4 heterocycles. The number of halogens is 1. The lowest BCUT2D eigenvalue weighted by atomic mass is 9.78. The maximum atomic E-state index is 12.0. The van der Waals surface area contributed by atoms with E-state index in [2.05, 4.69) is 10.6 Å². The molecule has 32 heavy (non-hydrogen) atoms. The highest BCUT2D eigenvalue weighted by Gasteiger charge is 2.41. The Bertz CT molecular complexity index is 719. The van der Waals surface area contributed by atoms with Gasteiger partial charge in [-0.3, -0.25) is 0 Å². The Hall–Kier alpha value is -0.610. The van der Waals surface area contributed by atoms with Gasteiger partial charge in [0.15, 0.2) is 0 Å². The highest BCUT2D eigenvalue weighted by atomic mass is 35.5. The first-order valence-electron chi connectivity index (χ1n) is 11.8. The Morgan fingerprint density at radius 2 is 1.41 bits per heavy atom. The van der Waals surface area contributed by atoms with Crippen molar-refractivity contribution in [2.24, 2.45) is 10.8 Å². The third kappa shape index (κ3) is 7.45. The van der Waals surface area contributed by atoms with Crippen molar-refractivity contribution in [2.45, 2.75) is 64.9 Å². The minimum atomic E-state index is -2.96. The lowest BCUT2D eigenvalue weighted by Crippen LogP contribution is -2.43. The number of carbonyl (C=O) groups is 1. The summed E-state index contributed by atoms with van der Waals surface area (Å²) in [6.07, 6.45) is 7.92. The Kier molecular flexibility index (Phi) is 9.29. The van der Waals surface area contributed by atoms with Crippen molar-refractivity contribution in [3.63, 3.8) is 0 Å². The lowest BCUT2D eigenvalue weighted by molar-refractivity contribution is 0.0264. The molecule has 0 atom stereocenters. The number of ether oxygens (including phenoxy) is 1. The van der Waals surface area contributed by atoms with Gasteiger partial charge in [-0.2, -0.15) is 0 Å². The number of hydrogen-bond acceptors (Lipinski definition) is 6. The summed E-state index contributed by atoms with van der Waals surface area (Å²) < 4.78 is 29.6. The van der Waals surface area contributed by atoms with Crippen molar-refractivity contribution in [3.8, 4) is 0 Å². The summed E-state index contributed by atoms with van der Waals surface area (Å²) in [5.74, 6) is 0. The van der Waals surface area contributed by atoms with Crippen LogP contribution in [-0.2, 0) is 14.8 Å². The third-order valence-electron chi connectivity index (χ3n) is 7.34. The number of piperidine rings is 2. The van der Waals surface area contributed by atoms with Gasteiger partial charge in [0.05, 0.1) is 6.26 Å². The standard InChI is InChI=1S/C13H24N2O2.C9H18N2O2S.ClH/c1-12(2,3)17-11(16)15-9-6-13(10-15)4-7-14-8-5-13;1-14(12,13)11-6-3-9(4-7-11)2-5-10-8-9;/h14H,4-10H2,1-3H3;10H,2-8H2,1H3;1H. The van der Waals surface area contributed by atoms with Crippen molar-refractivity contribution >= 4 is 28.5 Å². The highest BCUT2D eigenvalue weighted by Crippen LogP contribution is 2.39. The molecule has 0 aliphatic carbocycles. The molecule has 10 heteroatoms. The molecule has 4 saturated heterocycles. The summed E-state index contributed by atoms with van der Waals surface area (Å²) in [7, 11) is -2.96. The summed E-state index contributed by atoms with van der Waals surface area (Å²) in [6, 6.07) is 0. The first-order chi connectivity index (χ1) is 14.4. The summed E-state index contributed by atoms with van der Waals surface area (Å²) >= 11 is 0. The molecule has 0 aromatic carbocycles. The number of sulfonamides is 1. The Labute approximate surface area is 200 Å². The second-order valence-electron chi connectivity index (χ2n) is 11.0. The van der Waals surface area contributed by atoms with Gasteiger partial charge in [0.25, 0.3) is 0 Å². The van der Waals surface area contributed by atoms with E-state index in [1.54, 1.807) is 4.31 Å². The average molecular weight is 495 g/mol. The van der Waals surface area contributed by atoms with Gasteiger partial charge in [-0.25, -0.2) is 17.5 Å². The van der Waals surface area contributed by atoms with E-state index in [1.165, 1.54) is 25.5 Å². The fourth-order valence-electron chi connectivity index (χ4n) is 5.30. The number of carbonyl (C=O) groups excluding carboxylic acids is 1. The van der Waals surface area contributed by atoms with Gasteiger partial charge in [-0.05, 0) is 89.8 Å². The van der Waals surface area contributed by atoms with Crippen LogP contribution in [0.25, 0.3) is 0 Å². The largest absolute Gasteiger partial charge is 0.444 e. The topological polar surface area (TPSA) is 91.0 Å². The molecule has 0 aromatic heterocycles. The zero-order valence-corrected chi connectivity index (χ0v) is 21.9. The summed E-state index contributed by atoms with van der Waals surface area (Å²) in [5, 5.41) is 6.75. The van der Waals surface area contributed by atoms with E-state index in [-0.39, 0.29) is 24.1 Å². The van der Waals surface area contributed by atoms with Crippen LogP contribution in [0.15, 0.2) is 0 Å². The van der Waals surface area contributed by atoms with Crippen LogP contribution < -0.4 is 10.6 Å². The number of amides is 1. The van der Waals surface area contributed by atoms with Gasteiger partial charge in [0.2, 0.25) is 10.0 Å². The number of nitrogens with zero attached hydrogens (tertiary/aromatic N) is 2. The first-order valence-corrected chi connectivity index (χ1v) is 13.6. The molecule has 0 unspecified atom stereocenters. The number of hydrogen-bond donors (Lipinski definition) is 2. The average Bonchev–Trinajstić information content (AvgIpc) is 3.29. The molecule has 2 N–H and O–H groups in total. The zero-order valence-electron chi connectivity index (χ0n) is 20.2. The summed E-state index contributed by atoms with van der Waals surface area (Å²) in [4.78, 5) is 13.9. The molecule has 0 radical (unpaired) electrons. The van der Waals surface area contributed by atoms with Gasteiger partial charge in [-0.15, -0.1) is 12.4 Å². The van der Waals surface area contributed by atoms with Crippen LogP contribution in [0.5, 0.6) is 0 Å². The predicted octanol–water partition coefficient (Wildman–Crippen LogP) is 2.44. The molecule has 4 rings (SSSR count). The van der Waals surface area contributed by atoms with Crippen LogP contribution in [0.2, 0.25) is 0 Å². The molecule has 2 spiro atoms. The van der Waals surface area contributed by atoms with Crippen molar-refractivity contribution in [3.05, 3.63) is 0 Å². The van der Waals surface area contributed by atoms with E-state index in [0.29, 0.717) is 23.9 Å². The molecular weight excluding hydrogens is 452 g/mol. The zero-order chi connectivity index (χ0) is 22.8. The van der Waals surface area contributed by atoms with Crippen LogP contribution in [0, 0.1) is 10.8 Å². The predicted molar refractivity (Wildman–Crippen MR) is 130 cm³/mol. The minimum absolute atomic E-state index is 0. The fraction of sp³-hybridized carbons (Fsp3) is 0.955. The second-order valence-corrected chi connectivity index (χ2v) is 13.0. The molecule has 0 aromatic rings. The number of nitrogens with one attached hydrogen (secondary N) is 2. The van der Waals surface area contributed by atoms with E-state index in [1.807, 2.05) is 25.7 Å². The summed E-state index contributed by atoms with van der Waals surface area (Å²) in [6.45, 7) is 13.2. The quantitative estimate of drug-likeness (QED) is 0.581. The van der Waals surface area contributed by atoms with Gasteiger partial charge >= 0.3 is 6.09 Å². The molecule has 1 amide bonds. The smallest absolute Gasteiger partial charge is 0.410 e. The van der Waals surface area contributed by atoms with E-state index >= 15 is 0 Å². The second kappa shape index (κ2) is 10.8. The molecule has 4 aliphatic heterocycles. The van der Waals surface area contributed by atoms with E-state index in [0.717, 1.165) is 58.5 Å². The third-order valence-corrected chi connectivity index (χ3v) is 8.64. The lowest BCUT2D eigenvalue weighted by Gasteiger charge is -2.37. The van der Waals surface area contributed by atoms with Crippen molar-refractivity contribution in [2.75, 3.05) is 58.6 Å². The van der Waals surface area contributed by atoms with Gasteiger partial charge < -0.3 is 20.3 Å². The molecular formula is C22H43ClN4O4S. The van der Waals surface area contributed by atoms with Crippen molar-refractivity contribution in [1.82, 2.24) is 19.8 Å². The fourth-order valence-corrected chi connectivity index (χ4v) is 6.14. The summed E-state index contributed by atoms with van der Waals surface area (Å²) in [5.41, 5.74) is 0.379. The number of likely N-dealkylation sites (tertiary alicyclic amines) is 1. The molecule has 4 fully saturated rings. The first kappa shape index (κ1) is 27.6. The van der Waals surface area contributed by atoms with Crippen LogP contribution in [0.3, 0.4) is 0 Å². The highest BCUT2D eigenvalue weighted by molar-refractivity contribution is 7.88. The van der Waals surface area contributed by atoms with Crippen LogP contribution in [-0.4, -0.2) is 87.9 Å². The van der Waals surface area contributed by atoms with Gasteiger partial charge in [-0.1, -0.05) is 0 Å². The number of rotatable bonds is 1. The van der Waals surface area contributed by atoms with Crippen LogP contribution in [0.4, 0.5) is 4.79 Å². The molecule has 188 valence electrons. The molecule has 8 nitrogen and oxygen atoms in total. The van der Waals surface area contributed by atoms with Crippen LogP contribution >= 0.6 is 12.4 Å².